The van der Waals surface area contributed by atoms with Crippen LogP contribution in [0.25, 0.3) is 0 Å². The summed E-state index contributed by atoms with van der Waals surface area (Å²) in [7, 11) is 3.64. The van der Waals surface area contributed by atoms with Crippen molar-refractivity contribution in [2.24, 2.45) is 7.05 Å². The molecule has 5 nitrogen and oxygen atoms in total. The van der Waals surface area contributed by atoms with Crippen LogP contribution in [-0.2, 0) is 23.8 Å². The van der Waals surface area contributed by atoms with E-state index in [0.29, 0.717) is 12.3 Å². The van der Waals surface area contributed by atoms with Crippen molar-refractivity contribution in [3.63, 3.8) is 0 Å². The molecule has 0 fully saturated rings. The molecule has 2 aromatic rings. The van der Waals surface area contributed by atoms with Crippen molar-refractivity contribution in [2.75, 3.05) is 7.05 Å². The monoisotopic (exact) mass is 329 g/mol. The quantitative estimate of drug-likeness (QED) is 0.846. The van der Waals surface area contributed by atoms with Gasteiger partial charge in [0.15, 0.2) is 6.10 Å². The minimum Gasteiger partial charge on any atom is -0.481 e. The van der Waals surface area contributed by atoms with Gasteiger partial charge in [0.1, 0.15) is 5.75 Å². The summed E-state index contributed by atoms with van der Waals surface area (Å²) in [5, 5.41) is 4.12. The third kappa shape index (κ3) is 4.60. The molecular formula is C19H27N3O2. The van der Waals surface area contributed by atoms with Crippen molar-refractivity contribution in [3.05, 3.63) is 47.8 Å². The van der Waals surface area contributed by atoms with Gasteiger partial charge in [-0.2, -0.15) is 5.10 Å². The largest absolute Gasteiger partial charge is 0.481 e. The molecule has 1 heterocycles. The number of likely N-dealkylation sites (N-methyl/N-ethyl adjacent to an activating group) is 1. The predicted octanol–water partition coefficient (Wildman–Crippen LogP) is 3.14. The Hall–Kier alpha value is -2.30. The second kappa shape index (κ2) is 7.07. The van der Waals surface area contributed by atoms with Gasteiger partial charge in [-0.1, -0.05) is 32.9 Å². The van der Waals surface area contributed by atoms with Gasteiger partial charge in [-0.15, -0.1) is 0 Å². The van der Waals surface area contributed by atoms with Crippen LogP contribution >= 0.6 is 0 Å². The SMILES string of the molecule is CC(Oc1ccc(C(C)(C)C)cc1)C(=O)N(C)Cc1cnn(C)c1. The highest BCUT2D eigenvalue weighted by Gasteiger charge is 2.20. The fraction of sp³-hybridized carbons (Fsp3) is 0.474. The number of hydrogen-bond acceptors (Lipinski definition) is 3. The Labute approximate surface area is 144 Å². The smallest absolute Gasteiger partial charge is 0.263 e. The summed E-state index contributed by atoms with van der Waals surface area (Å²) in [4.78, 5) is 14.1. The van der Waals surface area contributed by atoms with Crippen LogP contribution in [-0.4, -0.2) is 33.7 Å². The van der Waals surface area contributed by atoms with Crippen molar-refractivity contribution in [1.29, 1.82) is 0 Å². The lowest BCUT2D eigenvalue weighted by Gasteiger charge is -2.23. The third-order valence-corrected chi connectivity index (χ3v) is 3.94. The summed E-state index contributed by atoms with van der Waals surface area (Å²) in [6.45, 7) is 8.80. The minimum absolute atomic E-state index is 0.0567. The molecule has 0 aliphatic rings. The molecule has 0 spiro atoms. The number of carbonyl (C=O) groups excluding carboxylic acids is 1. The van der Waals surface area contributed by atoms with E-state index in [1.165, 1.54) is 5.56 Å². The first-order chi connectivity index (χ1) is 11.2. The van der Waals surface area contributed by atoms with Gasteiger partial charge in [0.2, 0.25) is 0 Å². The van der Waals surface area contributed by atoms with Crippen molar-refractivity contribution in [2.45, 2.75) is 45.8 Å². The highest BCUT2D eigenvalue weighted by Crippen LogP contribution is 2.24. The Kier molecular flexibility index (Phi) is 5.32. The third-order valence-electron chi connectivity index (χ3n) is 3.94. The van der Waals surface area contributed by atoms with Gasteiger partial charge in [-0.25, -0.2) is 0 Å². The molecule has 24 heavy (non-hydrogen) atoms. The Bertz CT molecular complexity index is 683. The Morgan fingerprint density at radius 1 is 1.29 bits per heavy atom. The highest BCUT2D eigenvalue weighted by atomic mass is 16.5. The zero-order valence-electron chi connectivity index (χ0n) is 15.4. The van der Waals surface area contributed by atoms with Crippen LogP contribution in [0, 0.1) is 0 Å². The maximum atomic E-state index is 12.5. The number of ether oxygens (including phenoxy) is 1. The number of rotatable bonds is 5. The number of benzene rings is 1. The van der Waals surface area contributed by atoms with Crippen LogP contribution in [0.4, 0.5) is 0 Å². The average Bonchev–Trinajstić information content (AvgIpc) is 2.91. The van der Waals surface area contributed by atoms with Crippen molar-refractivity contribution in [3.8, 4) is 5.75 Å². The fourth-order valence-corrected chi connectivity index (χ4v) is 2.50. The predicted molar refractivity (Wildman–Crippen MR) is 94.9 cm³/mol. The van der Waals surface area contributed by atoms with Crippen LogP contribution in [0.2, 0.25) is 0 Å². The molecule has 2 rings (SSSR count). The minimum atomic E-state index is -0.535. The van der Waals surface area contributed by atoms with E-state index in [9.17, 15) is 4.79 Å². The Morgan fingerprint density at radius 3 is 2.42 bits per heavy atom. The second-order valence-corrected chi connectivity index (χ2v) is 7.25. The van der Waals surface area contributed by atoms with Crippen LogP contribution in [0.5, 0.6) is 5.75 Å². The molecule has 130 valence electrons. The standard InChI is InChI=1S/C19H27N3O2/c1-14(18(23)21(5)12-15-11-20-22(6)13-15)24-17-9-7-16(8-10-17)19(2,3)4/h7-11,13-14H,12H2,1-6H3. The number of amides is 1. The summed E-state index contributed by atoms with van der Waals surface area (Å²) in [5.41, 5.74) is 2.33. The molecule has 0 radical (unpaired) electrons. The number of aryl methyl sites for hydroxylation is 1. The molecule has 1 aromatic heterocycles. The van der Waals surface area contributed by atoms with E-state index in [1.807, 2.05) is 37.5 Å². The summed E-state index contributed by atoms with van der Waals surface area (Å²) in [5.74, 6) is 0.650. The number of aromatic nitrogens is 2. The summed E-state index contributed by atoms with van der Waals surface area (Å²) < 4.78 is 7.52. The first kappa shape index (κ1) is 18.0. The molecule has 0 saturated carbocycles. The molecule has 0 saturated heterocycles. The maximum absolute atomic E-state index is 12.5. The van der Waals surface area contributed by atoms with Gasteiger partial charge in [0, 0.05) is 32.4 Å². The molecule has 1 amide bonds. The van der Waals surface area contributed by atoms with E-state index in [-0.39, 0.29) is 11.3 Å². The lowest BCUT2D eigenvalue weighted by molar-refractivity contribution is -0.137. The maximum Gasteiger partial charge on any atom is 0.263 e. The summed E-state index contributed by atoms with van der Waals surface area (Å²) in [6, 6.07) is 7.94. The number of carbonyl (C=O) groups is 1. The van der Waals surface area contributed by atoms with E-state index in [0.717, 1.165) is 5.56 Å². The Morgan fingerprint density at radius 2 is 1.92 bits per heavy atom. The molecule has 1 unspecified atom stereocenters. The van der Waals surface area contributed by atoms with Crippen molar-refractivity contribution >= 4 is 5.91 Å². The van der Waals surface area contributed by atoms with E-state index in [1.54, 1.807) is 29.7 Å². The van der Waals surface area contributed by atoms with Crippen LogP contribution in [0.15, 0.2) is 36.7 Å². The zero-order chi connectivity index (χ0) is 17.9. The van der Waals surface area contributed by atoms with Gasteiger partial charge in [0.05, 0.1) is 6.20 Å². The van der Waals surface area contributed by atoms with E-state index in [4.69, 9.17) is 4.74 Å². The zero-order valence-corrected chi connectivity index (χ0v) is 15.4. The lowest BCUT2D eigenvalue weighted by Crippen LogP contribution is -2.37. The molecule has 0 bridgehead atoms. The number of nitrogens with zero attached hydrogens (tertiary/aromatic N) is 3. The van der Waals surface area contributed by atoms with Gasteiger partial charge >= 0.3 is 0 Å². The van der Waals surface area contributed by atoms with E-state index >= 15 is 0 Å². The summed E-state index contributed by atoms with van der Waals surface area (Å²) in [6.07, 6.45) is 3.13. The first-order valence-electron chi connectivity index (χ1n) is 8.16. The van der Waals surface area contributed by atoms with Gasteiger partial charge < -0.3 is 9.64 Å². The molecule has 0 N–H and O–H groups in total. The highest BCUT2D eigenvalue weighted by molar-refractivity contribution is 5.80. The lowest BCUT2D eigenvalue weighted by atomic mass is 9.87. The van der Waals surface area contributed by atoms with Crippen molar-refractivity contribution in [1.82, 2.24) is 14.7 Å². The normalized spacial score (nSPS) is 12.8. The average molecular weight is 329 g/mol. The Balaban J connectivity index is 1.95. The fourth-order valence-electron chi connectivity index (χ4n) is 2.50. The molecular weight excluding hydrogens is 302 g/mol. The van der Waals surface area contributed by atoms with Gasteiger partial charge in [-0.05, 0) is 30.0 Å². The molecule has 5 heteroatoms. The van der Waals surface area contributed by atoms with Gasteiger partial charge in [0.25, 0.3) is 5.91 Å². The topological polar surface area (TPSA) is 47.4 Å². The molecule has 0 aliphatic carbocycles. The second-order valence-electron chi connectivity index (χ2n) is 7.25. The van der Waals surface area contributed by atoms with E-state index in [2.05, 4.69) is 25.9 Å². The van der Waals surface area contributed by atoms with Crippen LogP contribution in [0.3, 0.4) is 0 Å². The van der Waals surface area contributed by atoms with Crippen molar-refractivity contribution < 1.29 is 9.53 Å². The molecule has 1 atom stereocenters. The number of hydrogen-bond donors (Lipinski definition) is 0. The van der Waals surface area contributed by atoms with Gasteiger partial charge in [-0.3, -0.25) is 9.48 Å². The summed E-state index contributed by atoms with van der Waals surface area (Å²) >= 11 is 0. The van der Waals surface area contributed by atoms with Crippen LogP contribution < -0.4 is 4.74 Å². The first-order valence-corrected chi connectivity index (χ1v) is 8.16. The molecule has 1 aromatic carbocycles. The molecule has 0 aliphatic heterocycles. The van der Waals surface area contributed by atoms with Crippen LogP contribution in [0.1, 0.15) is 38.8 Å². The van der Waals surface area contributed by atoms with E-state index < -0.39 is 6.10 Å².